The summed E-state index contributed by atoms with van der Waals surface area (Å²) in [5.41, 5.74) is 1.97. The van der Waals surface area contributed by atoms with Crippen LogP contribution >= 0.6 is 0 Å². The van der Waals surface area contributed by atoms with Crippen molar-refractivity contribution in [3.63, 3.8) is 0 Å². The Kier molecular flexibility index (Phi) is 4.56. The normalized spacial score (nSPS) is 12.5. The minimum Gasteiger partial charge on any atom is -0.392 e. The second kappa shape index (κ2) is 5.71. The lowest BCUT2D eigenvalue weighted by atomic mass is 10.1. The first-order chi connectivity index (χ1) is 7.20. The SMILES string of the molecule is CCCC(C)N(C)c1ccncc1CO. The summed E-state index contributed by atoms with van der Waals surface area (Å²) in [6.07, 6.45) is 5.82. The molecule has 1 rings (SSSR count). The topological polar surface area (TPSA) is 36.4 Å². The Morgan fingerprint density at radius 3 is 2.87 bits per heavy atom. The molecule has 0 aromatic carbocycles. The Morgan fingerprint density at radius 2 is 2.27 bits per heavy atom. The summed E-state index contributed by atoms with van der Waals surface area (Å²) >= 11 is 0. The Morgan fingerprint density at radius 1 is 1.53 bits per heavy atom. The Labute approximate surface area is 91.8 Å². The first kappa shape index (κ1) is 12.0. The summed E-state index contributed by atoms with van der Waals surface area (Å²) in [7, 11) is 2.06. The van der Waals surface area contributed by atoms with Crippen molar-refractivity contribution in [1.29, 1.82) is 0 Å². The van der Waals surface area contributed by atoms with E-state index in [9.17, 15) is 5.11 Å². The third-order valence-corrected chi connectivity index (χ3v) is 2.80. The average Bonchev–Trinajstić information content (AvgIpc) is 2.28. The number of nitrogens with zero attached hydrogens (tertiary/aromatic N) is 2. The fourth-order valence-electron chi connectivity index (χ4n) is 1.73. The molecule has 1 N–H and O–H groups in total. The van der Waals surface area contributed by atoms with E-state index in [2.05, 4.69) is 30.8 Å². The number of pyridine rings is 1. The molecule has 0 aliphatic rings. The van der Waals surface area contributed by atoms with E-state index in [0.717, 1.165) is 17.7 Å². The molecule has 3 heteroatoms. The van der Waals surface area contributed by atoms with Gasteiger partial charge in [-0.2, -0.15) is 0 Å². The molecule has 0 aliphatic heterocycles. The van der Waals surface area contributed by atoms with E-state index in [1.165, 1.54) is 6.42 Å². The van der Waals surface area contributed by atoms with Crippen molar-refractivity contribution >= 4 is 5.69 Å². The van der Waals surface area contributed by atoms with Crippen LogP contribution in [0.3, 0.4) is 0 Å². The minimum absolute atomic E-state index is 0.0480. The van der Waals surface area contributed by atoms with Crippen molar-refractivity contribution < 1.29 is 5.11 Å². The van der Waals surface area contributed by atoms with Crippen LogP contribution in [-0.2, 0) is 6.61 Å². The third-order valence-electron chi connectivity index (χ3n) is 2.80. The number of aromatic nitrogens is 1. The predicted molar refractivity (Wildman–Crippen MR) is 62.9 cm³/mol. The lowest BCUT2D eigenvalue weighted by molar-refractivity contribution is 0.281. The van der Waals surface area contributed by atoms with Gasteiger partial charge in [0.25, 0.3) is 0 Å². The molecule has 3 nitrogen and oxygen atoms in total. The molecule has 0 saturated heterocycles. The zero-order valence-corrected chi connectivity index (χ0v) is 9.77. The maximum absolute atomic E-state index is 9.21. The number of rotatable bonds is 5. The average molecular weight is 208 g/mol. The van der Waals surface area contributed by atoms with Gasteiger partial charge in [0.15, 0.2) is 0 Å². The molecular weight excluding hydrogens is 188 g/mol. The highest BCUT2D eigenvalue weighted by atomic mass is 16.3. The van der Waals surface area contributed by atoms with Crippen LogP contribution in [0.2, 0.25) is 0 Å². The highest BCUT2D eigenvalue weighted by molar-refractivity contribution is 5.51. The molecule has 1 heterocycles. The van der Waals surface area contributed by atoms with E-state index in [4.69, 9.17) is 0 Å². The van der Waals surface area contributed by atoms with Crippen molar-refractivity contribution in [3.05, 3.63) is 24.0 Å². The lowest BCUT2D eigenvalue weighted by Gasteiger charge is -2.28. The summed E-state index contributed by atoms with van der Waals surface area (Å²) in [5.74, 6) is 0. The zero-order valence-electron chi connectivity index (χ0n) is 9.77. The smallest absolute Gasteiger partial charge is 0.0717 e. The first-order valence-electron chi connectivity index (χ1n) is 5.47. The first-order valence-corrected chi connectivity index (χ1v) is 5.47. The summed E-state index contributed by atoms with van der Waals surface area (Å²) in [6, 6.07) is 2.44. The lowest BCUT2D eigenvalue weighted by Crippen LogP contribution is -2.29. The van der Waals surface area contributed by atoms with Gasteiger partial charge in [-0.25, -0.2) is 0 Å². The number of hydrogen-bond donors (Lipinski definition) is 1. The van der Waals surface area contributed by atoms with E-state index < -0.39 is 0 Å². The molecule has 1 aromatic heterocycles. The highest BCUT2D eigenvalue weighted by Gasteiger charge is 2.12. The van der Waals surface area contributed by atoms with Crippen molar-refractivity contribution in [3.8, 4) is 0 Å². The van der Waals surface area contributed by atoms with Crippen molar-refractivity contribution in [1.82, 2.24) is 4.98 Å². The Bertz CT molecular complexity index is 301. The van der Waals surface area contributed by atoms with Gasteiger partial charge < -0.3 is 10.0 Å². The van der Waals surface area contributed by atoms with Crippen LogP contribution in [0.25, 0.3) is 0 Å². The maximum atomic E-state index is 9.21. The van der Waals surface area contributed by atoms with Crippen molar-refractivity contribution in [2.45, 2.75) is 39.3 Å². The van der Waals surface area contributed by atoms with E-state index in [1.54, 1.807) is 12.4 Å². The summed E-state index contributed by atoms with van der Waals surface area (Å²) in [4.78, 5) is 6.22. The van der Waals surface area contributed by atoms with Crippen LogP contribution in [0.4, 0.5) is 5.69 Å². The van der Waals surface area contributed by atoms with E-state index >= 15 is 0 Å². The van der Waals surface area contributed by atoms with Crippen LogP contribution in [-0.4, -0.2) is 23.2 Å². The van der Waals surface area contributed by atoms with Gasteiger partial charge in [0, 0.05) is 36.7 Å². The van der Waals surface area contributed by atoms with Crippen molar-refractivity contribution in [2.24, 2.45) is 0 Å². The van der Waals surface area contributed by atoms with Crippen LogP contribution in [0.5, 0.6) is 0 Å². The molecule has 1 unspecified atom stereocenters. The molecule has 0 bridgehead atoms. The fraction of sp³-hybridized carbons (Fsp3) is 0.583. The molecule has 1 atom stereocenters. The number of anilines is 1. The molecule has 1 aromatic rings. The van der Waals surface area contributed by atoms with Gasteiger partial charge in [-0.15, -0.1) is 0 Å². The van der Waals surface area contributed by atoms with E-state index in [0.29, 0.717) is 6.04 Å². The van der Waals surface area contributed by atoms with Gasteiger partial charge in [0.05, 0.1) is 6.61 Å². The van der Waals surface area contributed by atoms with Crippen LogP contribution in [0.1, 0.15) is 32.3 Å². The fourth-order valence-corrected chi connectivity index (χ4v) is 1.73. The van der Waals surface area contributed by atoms with E-state index in [1.807, 2.05) is 6.07 Å². The molecule has 0 fully saturated rings. The minimum atomic E-state index is 0.0480. The van der Waals surface area contributed by atoms with Crippen LogP contribution < -0.4 is 4.90 Å². The van der Waals surface area contributed by atoms with Gasteiger partial charge in [0.2, 0.25) is 0 Å². The molecular formula is C12H20N2O. The molecule has 84 valence electrons. The Hall–Kier alpha value is -1.09. The van der Waals surface area contributed by atoms with Crippen molar-refractivity contribution in [2.75, 3.05) is 11.9 Å². The van der Waals surface area contributed by atoms with E-state index in [-0.39, 0.29) is 6.61 Å². The monoisotopic (exact) mass is 208 g/mol. The van der Waals surface area contributed by atoms with Gasteiger partial charge >= 0.3 is 0 Å². The van der Waals surface area contributed by atoms with Gasteiger partial charge in [-0.1, -0.05) is 13.3 Å². The number of aliphatic hydroxyl groups is 1. The number of hydrogen-bond acceptors (Lipinski definition) is 3. The standard InChI is InChI=1S/C12H20N2O/c1-4-5-10(2)14(3)12-6-7-13-8-11(12)9-15/h6-8,10,15H,4-5,9H2,1-3H3. The summed E-state index contributed by atoms with van der Waals surface area (Å²) in [5, 5.41) is 9.21. The molecule has 15 heavy (non-hydrogen) atoms. The van der Waals surface area contributed by atoms with Crippen LogP contribution in [0.15, 0.2) is 18.5 Å². The summed E-state index contributed by atoms with van der Waals surface area (Å²) < 4.78 is 0. The second-order valence-corrected chi connectivity index (χ2v) is 3.91. The van der Waals surface area contributed by atoms with Gasteiger partial charge in [-0.05, 0) is 19.4 Å². The molecule has 0 saturated carbocycles. The number of aliphatic hydroxyl groups excluding tert-OH is 1. The molecule has 0 spiro atoms. The highest BCUT2D eigenvalue weighted by Crippen LogP contribution is 2.21. The Balaban J connectivity index is 2.84. The summed E-state index contributed by atoms with van der Waals surface area (Å²) in [6.45, 7) is 4.43. The third kappa shape index (κ3) is 2.93. The largest absolute Gasteiger partial charge is 0.392 e. The molecule has 0 radical (unpaired) electrons. The van der Waals surface area contributed by atoms with Gasteiger partial charge in [0.1, 0.15) is 0 Å². The maximum Gasteiger partial charge on any atom is 0.0717 e. The zero-order chi connectivity index (χ0) is 11.3. The van der Waals surface area contributed by atoms with Gasteiger partial charge in [-0.3, -0.25) is 4.98 Å². The quantitative estimate of drug-likeness (QED) is 0.806. The second-order valence-electron chi connectivity index (χ2n) is 3.91. The molecule has 0 aliphatic carbocycles. The van der Waals surface area contributed by atoms with Crippen LogP contribution in [0, 0.1) is 0 Å². The molecule has 0 amide bonds. The predicted octanol–water partition coefficient (Wildman–Crippen LogP) is 2.20.